The van der Waals surface area contributed by atoms with E-state index in [1.54, 1.807) is 0 Å². The predicted octanol–water partition coefficient (Wildman–Crippen LogP) is 3.06. The van der Waals surface area contributed by atoms with Gasteiger partial charge in [0.2, 0.25) is 0 Å². The first-order valence-electron chi connectivity index (χ1n) is 6.92. The van der Waals surface area contributed by atoms with Gasteiger partial charge in [-0.05, 0) is 38.2 Å². The van der Waals surface area contributed by atoms with Gasteiger partial charge in [-0.25, -0.2) is 0 Å². The fourth-order valence-corrected chi connectivity index (χ4v) is 2.95. The van der Waals surface area contributed by atoms with Crippen molar-refractivity contribution in [3.63, 3.8) is 0 Å². The summed E-state index contributed by atoms with van der Waals surface area (Å²) in [4.78, 5) is 5.31. The van der Waals surface area contributed by atoms with Crippen LogP contribution < -0.4 is 10.8 Å². The topological polar surface area (TPSA) is 33.3 Å². The minimum Gasteiger partial charge on any atom is -0.413 e. The van der Waals surface area contributed by atoms with Crippen molar-refractivity contribution in [1.82, 2.24) is 10.8 Å². The molecule has 1 heterocycles. The number of halogens is 3. The molecule has 1 aliphatic heterocycles. The molecule has 0 aromatic carbocycles. The molecule has 0 amide bonds. The average molecular weight is 290 g/mol. The van der Waals surface area contributed by atoms with Gasteiger partial charge in [-0.2, -0.15) is 13.2 Å². The van der Waals surface area contributed by atoms with Gasteiger partial charge < -0.3 is 10.2 Å². The number of hydroxylamine groups is 1. The second-order valence-corrected chi connectivity index (χ2v) is 5.60. The SMILES string of the molecule is CC1=C(C2=CC(C)C(NCC(F)(F)F)CC2)C(C)NO1. The number of nitrogens with one attached hydrogen (secondary N) is 2. The lowest BCUT2D eigenvalue weighted by Crippen LogP contribution is -2.41. The molecule has 0 fully saturated rings. The summed E-state index contributed by atoms with van der Waals surface area (Å²) in [5, 5.41) is 2.61. The highest BCUT2D eigenvalue weighted by molar-refractivity contribution is 5.39. The van der Waals surface area contributed by atoms with Crippen molar-refractivity contribution in [1.29, 1.82) is 0 Å². The van der Waals surface area contributed by atoms with Crippen molar-refractivity contribution in [2.75, 3.05) is 6.54 Å². The van der Waals surface area contributed by atoms with Crippen molar-refractivity contribution >= 4 is 0 Å². The smallest absolute Gasteiger partial charge is 0.401 e. The molecule has 6 heteroatoms. The zero-order valence-electron chi connectivity index (χ0n) is 12.0. The zero-order chi connectivity index (χ0) is 14.9. The third-order valence-electron chi connectivity index (χ3n) is 3.94. The highest BCUT2D eigenvalue weighted by Crippen LogP contribution is 2.33. The highest BCUT2D eigenvalue weighted by atomic mass is 19.4. The molecule has 20 heavy (non-hydrogen) atoms. The quantitative estimate of drug-likeness (QED) is 0.838. The molecule has 2 N–H and O–H groups in total. The van der Waals surface area contributed by atoms with Crippen LogP contribution in [0.2, 0.25) is 0 Å². The van der Waals surface area contributed by atoms with Crippen LogP contribution in [-0.4, -0.2) is 24.8 Å². The Hall–Kier alpha value is -1.01. The Morgan fingerprint density at radius 3 is 2.60 bits per heavy atom. The van der Waals surface area contributed by atoms with E-state index in [2.05, 4.69) is 16.9 Å². The maximum Gasteiger partial charge on any atom is 0.401 e. The van der Waals surface area contributed by atoms with Crippen LogP contribution >= 0.6 is 0 Å². The van der Waals surface area contributed by atoms with Gasteiger partial charge in [-0.1, -0.05) is 13.0 Å². The van der Waals surface area contributed by atoms with Crippen molar-refractivity contribution in [2.24, 2.45) is 5.92 Å². The number of allylic oxidation sites excluding steroid dienone is 1. The van der Waals surface area contributed by atoms with E-state index in [4.69, 9.17) is 4.84 Å². The summed E-state index contributed by atoms with van der Waals surface area (Å²) in [5.74, 6) is 0.937. The van der Waals surface area contributed by atoms with Gasteiger partial charge in [-0.3, -0.25) is 0 Å². The molecule has 3 nitrogen and oxygen atoms in total. The molecule has 114 valence electrons. The van der Waals surface area contributed by atoms with E-state index in [1.165, 1.54) is 5.57 Å². The molecule has 0 aromatic rings. The molecule has 0 bridgehead atoms. The molecule has 3 unspecified atom stereocenters. The van der Waals surface area contributed by atoms with E-state index in [0.29, 0.717) is 6.42 Å². The summed E-state index contributed by atoms with van der Waals surface area (Å²) in [6.07, 6.45) is -0.585. The van der Waals surface area contributed by atoms with E-state index in [-0.39, 0.29) is 18.0 Å². The second kappa shape index (κ2) is 5.77. The third kappa shape index (κ3) is 3.55. The minimum atomic E-state index is -4.15. The Morgan fingerprint density at radius 2 is 2.10 bits per heavy atom. The summed E-state index contributed by atoms with van der Waals surface area (Å²) >= 11 is 0. The maximum atomic E-state index is 12.3. The first-order chi connectivity index (χ1) is 9.28. The molecule has 2 aliphatic rings. The predicted molar refractivity (Wildman–Crippen MR) is 70.7 cm³/mol. The number of hydrogen-bond acceptors (Lipinski definition) is 3. The lowest BCUT2D eigenvalue weighted by molar-refractivity contribution is -0.126. The summed E-state index contributed by atoms with van der Waals surface area (Å²) in [6, 6.07) is 0.0139. The average Bonchev–Trinajstić information content (AvgIpc) is 2.66. The Bertz CT molecular complexity index is 429. The molecule has 3 atom stereocenters. The first-order valence-corrected chi connectivity index (χ1v) is 6.92. The zero-order valence-corrected chi connectivity index (χ0v) is 12.0. The monoisotopic (exact) mass is 290 g/mol. The normalized spacial score (nSPS) is 31.3. The van der Waals surface area contributed by atoms with Gasteiger partial charge >= 0.3 is 6.18 Å². The van der Waals surface area contributed by atoms with Gasteiger partial charge in [0.05, 0.1) is 12.6 Å². The Labute approximate surface area is 117 Å². The fraction of sp³-hybridized carbons (Fsp3) is 0.714. The van der Waals surface area contributed by atoms with Gasteiger partial charge in [0.15, 0.2) is 0 Å². The summed E-state index contributed by atoms with van der Waals surface area (Å²) in [7, 11) is 0. The Balaban J connectivity index is 2.02. The molecule has 0 spiro atoms. The van der Waals surface area contributed by atoms with Crippen LogP contribution in [-0.2, 0) is 4.84 Å². The van der Waals surface area contributed by atoms with Crippen molar-refractivity contribution in [2.45, 2.75) is 51.9 Å². The molecule has 2 rings (SSSR count). The largest absolute Gasteiger partial charge is 0.413 e. The van der Waals surface area contributed by atoms with E-state index in [0.717, 1.165) is 17.8 Å². The standard InChI is InChI=1S/C14H21F3N2O/c1-8-6-11(13-9(2)19-20-10(13)3)4-5-12(8)18-7-14(15,16)17/h6,8-9,12,18-19H,4-5,7H2,1-3H3. The van der Waals surface area contributed by atoms with E-state index >= 15 is 0 Å². The van der Waals surface area contributed by atoms with Crippen LogP contribution in [0.15, 0.2) is 23.0 Å². The van der Waals surface area contributed by atoms with Crippen LogP contribution in [0.3, 0.4) is 0 Å². The number of hydrogen-bond donors (Lipinski definition) is 2. The van der Waals surface area contributed by atoms with E-state index < -0.39 is 12.7 Å². The maximum absolute atomic E-state index is 12.3. The van der Waals surface area contributed by atoms with Crippen LogP contribution in [0.5, 0.6) is 0 Å². The summed E-state index contributed by atoms with van der Waals surface area (Å²) in [5.41, 5.74) is 5.25. The van der Waals surface area contributed by atoms with Gasteiger partial charge in [0.1, 0.15) is 5.76 Å². The lowest BCUT2D eigenvalue weighted by atomic mass is 9.82. The van der Waals surface area contributed by atoms with Crippen molar-refractivity contribution < 1.29 is 18.0 Å². The van der Waals surface area contributed by atoms with Crippen LogP contribution in [0, 0.1) is 5.92 Å². The van der Waals surface area contributed by atoms with Gasteiger partial charge in [0, 0.05) is 11.6 Å². The molecule has 0 saturated carbocycles. The third-order valence-corrected chi connectivity index (χ3v) is 3.94. The van der Waals surface area contributed by atoms with E-state index in [1.807, 2.05) is 20.8 Å². The van der Waals surface area contributed by atoms with Crippen molar-refractivity contribution in [3.05, 3.63) is 23.0 Å². The molecule has 0 saturated heterocycles. The van der Waals surface area contributed by atoms with Crippen LogP contribution in [0.4, 0.5) is 13.2 Å². The summed E-state index contributed by atoms with van der Waals surface area (Å²) < 4.78 is 36.8. The highest BCUT2D eigenvalue weighted by Gasteiger charge is 2.32. The summed E-state index contributed by atoms with van der Waals surface area (Å²) in [6.45, 7) is 4.96. The first kappa shape index (κ1) is 15.4. The molecule has 0 radical (unpaired) electrons. The number of alkyl halides is 3. The van der Waals surface area contributed by atoms with Crippen LogP contribution in [0.1, 0.15) is 33.6 Å². The molecular formula is C14H21F3N2O. The number of rotatable bonds is 3. The lowest BCUT2D eigenvalue weighted by Gasteiger charge is -2.30. The molecule has 0 aromatic heterocycles. The molecule has 1 aliphatic carbocycles. The van der Waals surface area contributed by atoms with Crippen molar-refractivity contribution in [3.8, 4) is 0 Å². The van der Waals surface area contributed by atoms with Gasteiger partial charge in [-0.15, -0.1) is 5.48 Å². The Morgan fingerprint density at radius 1 is 1.40 bits per heavy atom. The Kier molecular flexibility index (Phi) is 4.44. The van der Waals surface area contributed by atoms with Crippen LogP contribution in [0.25, 0.3) is 0 Å². The van der Waals surface area contributed by atoms with Gasteiger partial charge in [0.25, 0.3) is 0 Å². The second-order valence-electron chi connectivity index (χ2n) is 5.60. The van der Waals surface area contributed by atoms with E-state index in [9.17, 15) is 13.2 Å². The minimum absolute atomic E-state index is 0.0780. The fourth-order valence-electron chi connectivity index (χ4n) is 2.95. The molecular weight excluding hydrogens is 269 g/mol.